The molecular weight excluding hydrogens is 280 g/mol. The van der Waals surface area contributed by atoms with Crippen molar-refractivity contribution in [2.75, 3.05) is 27.2 Å². The van der Waals surface area contributed by atoms with Crippen LogP contribution in [0, 0.1) is 13.8 Å². The van der Waals surface area contributed by atoms with E-state index in [0.29, 0.717) is 18.8 Å². The molecule has 0 aliphatic carbocycles. The van der Waals surface area contributed by atoms with E-state index in [4.69, 9.17) is 4.42 Å². The average molecular weight is 304 g/mol. The summed E-state index contributed by atoms with van der Waals surface area (Å²) in [6.07, 6.45) is 0.915. The first-order valence-corrected chi connectivity index (χ1v) is 7.48. The van der Waals surface area contributed by atoms with Gasteiger partial charge < -0.3 is 14.6 Å². The van der Waals surface area contributed by atoms with Crippen LogP contribution < -0.4 is 5.32 Å². The van der Waals surface area contributed by atoms with Gasteiger partial charge in [0.1, 0.15) is 5.76 Å². The SMILES string of the molecule is Cc1cc(C)n(Cc2ccc(C(=O)NCCCN(C)C)o2)n1. The molecule has 0 spiro atoms. The summed E-state index contributed by atoms with van der Waals surface area (Å²) in [5.41, 5.74) is 2.05. The van der Waals surface area contributed by atoms with Gasteiger partial charge in [-0.2, -0.15) is 5.10 Å². The lowest BCUT2D eigenvalue weighted by molar-refractivity contribution is 0.0922. The fourth-order valence-electron chi connectivity index (χ4n) is 2.25. The number of nitrogens with zero attached hydrogens (tertiary/aromatic N) is 3. The fourth-order valence-corrected chi connectivity index (χ4v) is 2.25. The number of carbonyl (C=O) groups excluding carboxylic acids is 1. The number of amides is 1. The molecule has 0 aliphatic rings. The lowest BCUT2D eigenvalue weighted by atomic mass is 10.3. The zero-order valence-electron chi connectivity index (χ0n) is 13.7. The highest BCUT2D eigenvalue weighted by molar-refractivity contribution is 5.91. The summed E-state index contributed by atoms with van der Waals surface area (Å²) in [7, 11) is 4.03. The van der Waals surface area contributed by atoms with Crippen LogP contribution in [0.2, 0.25) is 0 Å². The molecule has 2 aromatic heterocycles. The molecule has 6 heteroatoms. The minimum absolute atomic E-state index is 0.168. The third-order valence-electron chi connectivity index (χ3n) is 3.36. The fraction of sp³-hybridized carbons (Fsp3) is 0.500. The van der Waals surface area contributed by atoms with Crippen molar-refractivity contribution in [1.82, 2.24) is 20.0 Å². The van der Waals surface area contributed by atoms with Gasteiger partial charge in [0, 0.05) is 12.2 Å². The van der Waals surface area contributed by atoms with E-state index < -0.39 is 0 Å². The highest BCUT2D eigenvalue weighted by Crippen LogP contribution is 2.11. The maximum absolute atomic E-state index is 12.0. The summed E-state index contributed by atoms with van der Waals surface area (Å²) in [6, 6.07) is 5.55. The van der Waals surface area contributed by atoms with E-state index in [0.717, 1.165) is 30.1 Å². The maximum Gasteiger partial charge on any atom is 0.286 e. The van der Waals surface area contributed by atoms with Crippen LogP contribution in [0.3, 0.4) is 0 Å². The van der Waals surface area contributed by atoms with Gasteiger partial charge in [-0.1, -0.05) is 0 Å². The van der Waals surface area contributed by atoms with Gasteiger partial charge in [0.2, 0.25) is 0 Å². The number of furan rings is 1. The third kappa shape index (κ3) is 4.46. The topological polar surface area (TPSA) is 63.3 Å². The van der Waals surface area contributed by atoms with Gasteiger partial charge >= 0.3 is 0 Å². The summed E-state index contributed by atoms with van der Waals surface area (Å²) in [6.45, 7) is 6.08. The van der Waals surface area contributed by atoms with E-state index in [2.05, 4.69) is 15.3 Å². The van der Waals surface area contributed by atoms with E-state index in [1.807, 2.05) is 44.8 Å². The normalized spacial score (nSPS) is 11.1. The minimum Gasteiger partial charge on any atom is -0.454 e. The Hall–Kier alpha value is -2.08. The molecule has 0 bridgehead atoms. The van der Waals surface area contributed by atoms with Crippen LogP contribution in [0.1, 0.15) is 34.1 Å². The quantitative estimate of drug-likeness (QED) is 0.793. The summed E-state index contributed by atoms with van der Waals surface area (Å²) in [4.78, 5) is 14.1. The molecule has 1 amide bonds. The molecule has 0 radical (unpaired) electrons. The predicted octanol–water partition coefficient (Wildman–Crippen LogP) is 1.82. The molecule has 1 N–H and O–H groups in total. The second-order valence-corrected chi connectivity index (χ2v) is 5.76. The Kier molecular flexibility index (Phi) is 5.38. The summed E-state index contributed by atoms with van der Waals surface area (Å²) in [5, 5.41) is 7.25. The molecule has 0 fully saturated rings. The molecule has 6 nitrogen and oxygen atoms in total. The van der Waals surface area contributed by atoms with Gasteiger partial charge in [0.05, 0.1) is 12.2 Å². The molecule has 120 valence electrons. The standard InChI is InChI=1S/C16H24N4O2/c1-12-10-13(2)20(18-12)11-14-6-7-15(22-14)16(21)17-8-5-9-19(3)4/h6-7,10H,5,8-9,11H2,1-4H3,(H,17,21). The predicted molar refractivity (Wildman–Crippen MR) is 85.0 cm³/mol. The minimum atomic E-state index is -0.168. The van der Waals surface area contributed by atoms with Crippen LogP contribution in [0.5, 0.6) is 0 Å². The molecule has 2 aromatic rings. The molecule has 2 rings (SSSR count). The Balaban J connectivity index is 1.88. The van der Waals surface area contributed by atoms with Crippen LogP contribution in [-0.4, -0.2) is 47.8 Å². The van der Waals surface area contributed by atoms with Crippen LogP contribution >= 0.6 is 0 Å². The lowest BCUT2D eigenvalue weighted by Gasteiger charge is -2.09. The number of hydrogen-bond donors (Lipinski definition) is 1. The van der Waals surface area contributed by atoms with Crippen molar-refractivity contribution in [3.05, 3.63) is 41.1 Å². The molecule has 0 aromatic carbocycles. The molecule has 2 heterocycles. The zero-order chi connectivity index (χ0) is 16.1. The highest BCUT2D eigenvalue weighted by Gasteiger charge is 2.12. The molecule has 0 saturated carbocycles. The smallest absolute Gasteiger partial charge is 0.286 e. The van der Waals surface area contributed by atoms with Gasteiger partial charge in [-0.25, -0.2) is 0 Å². The van der Waals surface area contributed by atoms with Crippen LogP contribution in [-0.2, 0) is 6.54 Å². The molecule has 22 heavy (non-hydrogen) atoms. The molecule has 0 aliphatic heterocycles. The van der Waals surface area contributed by atoms with Crippen molar-refractivity contribution < 1.29 is 9.21 Å². The van der Waals surface area contributed by atoms with Crippen molar-refractivity contribution in [2.45, 2.75) is 26.8 Å². The van der Waals surface area contributed by atoms with Gasteiger partial charge in [-0.3, -0.25) is 9.48 Å². The zero-order valence-corrected chi connectivity index (χ0v) is 13.7. The van der Waals surface area contributed by atoms with E-state index in [9.17, 15) is 4.79 Å². The Morgan fingerprint density at radius 2 is 2.14 bits per heavy atom. The summed E-state index contributed by atoms with van der Waals surface area (Å²) in [5.74, 6) is 0.907. The Morgan fingerprint density at radius 1 is 1.36 bits per heavy atom. The second-order valence-electron chi connectivity index (χ2n) is 5.76. The maximum atomic E-state index is 12.0. The van der Waals surface area contributed by atoms with Gasteiger partial charge in [0.25, 0.3) is 5.91 Å². The lowest BCUT2D eigenvalue weighted by Crippen LogP contribution is -2.26. The van der Waals surface area contributed by atoms with Gasteiger partial charge in [-0.05, 0) is 59.1 Å². The van der Waals surface area contributed by atoms with Crippen LogP contribution in [0.4, 0.5) is 0 Å². The van der Waals surface area contributed by atoms with Crippen LogP contribution in [0.25, 0.3) is 0 Å². The monoisotopic (exact) mass is 304 g/mol. The van der Waals surface area contributed by atoms with Crippen molar-refractivity contribution in [1.29, 1.82) is 0 Å². The number of aryl methyl sites for hydroxylation is 2. The molecular formula is C16H24N4O2. The van der Waals surface area contributed by atoms with Crippen molar-refractivity contribution in [3.8, 4) is 0 Å². The summed E-state index contributed by atoms with van der Waals surface area (Å²) < 4.78 is 7.48. The largest absolute Gasteiger partial charge is 0.454 e. The molecule has 0 unspecified atom stereocenters. The number of hydrogen-bond acceptors (Lipinski definition) is 4. The van der Waals surface area contributed by atoms with Crippen molar-refractivity contribution in [3.63, 3.8) is 0 Å². The molecule has 0 atom stereocenters. The summed E-state index contributed by atoms with van der Waals surface area (Å²) >= 11 is 0. The highest BCUT2D eigenvalue weighted by atomic mass is 16.4. The third-order valence-corrected chi connectivity index (χ3v) is 3.36. The van der Waals surface area contributed by atoms with Crippen molar-refractivity contribution >= 4 is 5.91 Å². The first-order valence-electron chi connectivity index (χ1n) is 7.48. The van der Waals surface area contributed by atoms with Gasteiger partial charge in [-0.15, -0.1) is 0 Å². The Morgan fingerprint density at radius 3 is 2.77 bits per heavy atom. The van der Waals surface area contributed by atoms with E-state index in [1.165, 1.54) is 0 Å². The van der Waals surface area contributed by atoms with E-state index >= 15 is 0 Å². The first kappa shape index (κ1) is 16.3. The first-order chi connectivity index (χ1) is 10.5. The van der Waals surface area contributed by atoms with E-state index in [1.54, 1.807) is 6.07 Å². The number of carbonyl (C=O) groups is 1. The van der Waals surface area contributed by atoms with Crippen LogP contribution in [0.15, 0.2) is 22.6 Å². The van der Waals surface area contributed by atoms with Crippen molar-refractivity contribution in [2.24, 2.45) is 0 Å². The average Bonchev–Trinajstić information content (AvgIpc) is 3.02. The second kappa shape index (κ2) is 7.26. The Bertz CT molecular complexity index is 628. The van der Waals surface area contributed by atoms with Gasteiger partial charge in [0.15, 0.2) is 5.76 Å². The molecule has 0 saturated heterocycles. The number of rotatable bonds is 7. The van der Waals surface area contributed by atoms with E-state index in [-0.39, 0.29) is 5.91 Å². The number of nitrogens with one attached hydrogen (secondary N) is 1. The number of aromatic nitrogens is 2. The Labute approximate surface area is 131 Å².